The van der Waals surface area contributed by atoms with Gasteiger partial charge < -0.3 is 9.47 Å². The molecule has 0 unspecified atom stereocenters. The normalized spacial score (nSPS) is 10.1. The van der Waals surface area contributed by atoms with Crippen LogP contribution >= 0.6 is 0 Å². The quantitative estimate of drug-likeness (QED) is 0.215. The molecule has 0 saturated heterocycles. The third-order valence-corrected chi connectivity index (χ3v) is 2.82. The molecule has 3 N–H and O–H groups in total. The van der Waals surface area contributed by atoms with Crippen LogP contribution in [-0.4, -0.2) is 33.4 Å². The lowest BCUT2D eigenvalue weighted by Gasteiger charge is -2.11. The Labute approximate surface area is 148 Å². The first-order valence-electron chi connectivity index (χ1n) is 7.48. The number of esters is 2. The summed E-state index contributed by atoms with van der Waals surface area (Å²) < 4.78 is 10.1. The molecule has 10 heteroatoms. The Morgan fingerprint density at radius 2 is 1.88 bits per heavy atom. The van der Waals surface area contributed by atoms with Crippen LogP contribution in [0.15, 0.2) is 35.6 Å². The number of carbonyl (C=O) groups is 2. The van der Waals surface area contributed by atoms with Gasteiger partial charge >= 0.3 is 17.6 Å². The number of hydrogen-bond acceptors (Lipinski definition) is 9. The maximum absolute atomic E-state index is 11.7. The number of anilines is 1. The molecular weight excluding hydrogens is 342 g/mol. The number of aromatic amines is 1. The Balaban J connectivity index is 2.40. The lowest BCUT2D eigenvalue weighted by atomic mass is 10.2. The fourth-order valence-corrected chi connectivity index (χ4v) is 1.91. The van der Waals surface area contributed by atoms with Gasteiger partial charge in [-0.25, -0.2) is 10.2 Å². The zero-order valence-corrected chi connectivity index (χ0v) is 14.2. The molecule has 0 amide bonds. The van der Waals surface area contributed by atoms with Gasteiger partial charge in [0.1, 0.15) is 5.82 Å². The number of benzene rings is 1. The Morgan fingerprint density at radius 3 is 2.54 bits per heavy atom. The second-order valence-corrected chi connectivity index (χ2v) is 4.97. The predicted octanol–water partition coefficient (Wildman–Crippen LogP) is 0.785. The Kier molecular flexibility index (Phi) is 6.17. The Hall–Kier alpha value is -3.53. The van der Waals surface area contributed by atoms with E-state index in [2.05, 4.69) is 32.4 Å². The molecule has 0 aliphatic rings. The third kappa shape index (κ3) is 5.24. The summed E-state index contributed by atoms with van der Waals surface area (Å²) in [5.74, 6) is -0.855. The maximum atomic E-state index is 11.7. The molecule has 1 aromatic heterocycles. The number of ether oxygens (including phenoxy) is 2. The van der Waals surface area contributed by atoms with Gasteiger partial charge in [0, 0.05) is 26.0 Å². The van der Waals surface area contributed by atoms with Gasteiger partial charge in [-0.2, -0.15) is 9.97 Å². The molecule has 1 heterocycles. The van der Waals surface area contributed by atoms with Crippen molar-refractivity contribution in [2.75, 3.05) is 12.0 Å². The van der Waals surface area contributed by atoms with Crippen LogP contribution in [0.1, 0.15) is 13.8 Å². The topological polar surface area (TPSA) is 135 Å². The van der Waals surface area contributed by atoms with Crippen molar-refractivity contribution in [2.24, 2.45) is 0 Å². The third-order valence-electron chi connectivity index (χ3n) is 2.82. The molecule has 26 heavy (non-hydrogen) atoms. The van der Waals surface area contributed by atoms with E-state index in [0.29, 0.717) is 12.1 Å². The highest BCUT2D eigenvalue weighted by Crippen LogP contribution is 2.31. The van der Waals surface area contributed by atoms with Crippen molar-refractivity contribution in [2.45, 2.75) is 13.8 Å². The molecule has 0 fully saturated rings. The average molecular weight is 359 g/mol. The van der Waals surface area contributed by atoms with Crippen molar-refractivity contribution in [3.05, 3.63) is 41.3 Å². The number of nitrogens with zero attached hydrogens (tertiary/aromatic N) is 2. The van der Waals surface area contributed by atoms with Crippen LogP contribution in [0.5, 0.6) is 11.5 Å². The van der Waals surface area contributed by atoms with Crippen LogP contribution in [0.3, 0.4) is 0 Å². The number of carbonyl (C=O) groups excluding carboxylic acids is 2. The summed E-state index contributed by atoms with van der Waals surface area (Å²) in [5, 5.41) is 0. The predicted molar refractivity (Wildman–Crippen MR) is 92.5 cm³/mol. The van der Waals surface area contributed by atoms with Crippen molar-refractivity contribution in [1.29, 1.82) is 0 Å². The van der Waals surface area contributed by atoms with Gasteiger partial charge in [0.15, 0.2) is 11.5 Å². The van der Waals surface area contributed by atoms with Gasteiger partial charge in [-0.1, -0.05) is 6.08 Å². The van der Waals surface area contributed by atoms with Gasteiger partial charge in [0.05, 0.1) is 0 Å². The minimum atomic E-state index is -0.629. The number of hydrazine groups is 1. The van der Waals surface area contributed by atoms with E-state index in [1.54, 1.807) is 12.1 Å². The van der Waals surface area contributed by atoms with Gasteiger partial charge in [-0.3, -0.25) is 20.0 Å². The van der Waals surface area contributed by atoms with Gasteiger partial charge in [0.25, 0.3) is 0 Å². The van der Waals surface area contributed by atoms with E-state index < -0.39 is 17.6 Å². The zero-order chi connectivity index (χ0) is 19.1. The molecular formula is C16H17N5O5. The molecule has 0 atom stereocenters. The molecule has 0 aliphatic heterocycles. The first-order chi connectivity index (χ1) is 12.4. The molecule has 2 aromatic rings. The lowest BCUT2D eigenvalue weighted by molar-refractivity contribution is -0.134. The maximum Gasteiger partial charge on any atom is 0.349 e. The summed E-state index contributed by atoms with van der Waals surface area (Å²) >= 11 is 0. The average Bonchev–Trinajstić information content (AvgIpc) is 2.55. The molecule has 0 saturated carbocycles. The van der Waals surface area contributed by atoms with Crippen LogP contribution in [0.4, 0.5) is 5.95 Å². The molecule has 1 aromatic carbocycles. The SMILES string of the molecule is C=CCNNc1nc(-c2ccc(OC(C)=O)c(OC(C)=O)c2)[nH]c(=O)n1. The second kappa shape index (κ2) is 8.53. The van der Waals surface area contributed by atoms with Crippen molar-refractivity contribution < 1.29 is 19.1 Å². The number of H-pyrrole nitrogens is 1. The van der Waals surface area contributed by atoms with E-state index in [4.69, 9.17) is 9.47 Å². The minimum absolute atomic E-state index is 0.0175. The highest BCUT2D eigenvalue weighted by Gasteiger charge is 2.14. The van der Waals surface area contributed by atoms with Crippen molar-refractivity contribution in [3.63, 3.8) is 0 Å². The van der Waals surface area contributed by atoms with Crippen LogP contribution in [-0.2, 0) is 9.59 Å². The van der Waals surface area contributed by atoms with E-state index in [-0.39, 0.29) is 23.3 Å². The van der Waals surface area contributed by atoms with Crippen molar-refractivity contribution in [3.8, 4) is 22.9 Å². The molecule has 0 aliphatic carbocycles. The van der Waals surface area contributed by atoms with Crippen LogP contribution < -0.4 is 26.0 Å². The summed E-state index contributed by atoms with van der Waals surface area (Å²) in [6, 6.07) is 4.39. The fourth-order valence-electron chi connectivity index (χ4n) is 1.91. The monoisotopic (exact) mass is 359 g/mol. The van der Waals surface area contributed by atoms with Crippen LogP contribution in [0.2, 0.25) is 0 Å². The molecule has 0 spiro atoms. The lowest BCUT2D eigenvalue weighted by Crippen LogP contribution is -2.26. The van der Waals surface area contributed by atoms with E-state index in [1.807, 2.05) is 0 Å². The standard InChI is InChI=1S/C16H17N5O5/c1-4-7-17-21-15-18-14(19-16(24)20-15)11-5-6-12(25-9(2)22)13(8-11)26-10(3)23/h4-6,8,17H,1,7H2,2-3H3,(H2,18,19,20,21,24). The summed E-state index contributed by atoms with van der Waals surface area (Å²) in [4.78, 5) is 44.5. The smallest absolute Gasteiger partial charge is 0.349 e. The highest BCUT2D eigenvalue weighted by molar-refractivity contribution is 5.75. The zero-order valence-electron chi connectivity index (χ0n) is 14.2. The summed E-state index contributed by atoms with van der Waals surface area (Å²) in [6.45, 7) is 6.41. The molecule has 136 valence electrons. The Morgan fingerprint density at radius 1 is 1.19 bits per heavy atom. The molecule has 2 rings (SSSR count). The minimum Gasteiger partial charge on any atom is -0.423 e. The van der Waals surface area contributed by atoms with E-state index in [0.717, 1.165) is 0 Å². The number of nitrogens with one attached hydrogen (secondary N) is 3. The van der Waals surface area contributed by atoms with E-state index in [9.17, 15) is 14.4 Å². The van der Waals surface area contributed by atoms with Gasteiger partial charge in [-0.15, -0.1) is 6.58 Å². The molecule has 10 nitrogen and oxygen atoms in total. The van der Waals surface area contributed by atoms with E-state index in [1.165, 1.54) is 26.0 Å². The number of hydrogen-bond donors (Lipinski definition) is 3. The summed E-state index contributed by atoms with van der Waals surface area (Å²) in [7, 11) is 0. The fraction of sp³-hybridized carbons (Fsp3) is 0.188. The van der Waals surface area contributed by atoms with Gasteiger partial charge in [-0.05, 0) is 18.2 Å². The molecule has 0 radical (unpaired) electrons. The summed E-state index contributed by atoms with van der Waals surface area (Å²) in [5.41, 5.74) is 5.21. The first kappa shape index (κ1) is 18.8. The van der Waals surface area contributed by atoms with E-state index >= 15 is 0 Å². The number of aromatic nitrogens is 3. The second-order valence-electron chi connectivity index (χ2n) is 4.97. The van der Waals surface area contributed by atoms with Crippen molar-refractivity contribution >= 4 is 17.9 Å². The van der Waals surface area contributed by atoms with Crippen LogP contribution in [0.25, 0.3) is 11.4 Å². The summed E-state index contributed by atoms with van der Waals surface area (Å²) in [6.07, 6.45) is 1.61. The number of rotatable bonds is 7. The van der Waals surface area contributed by atoms with Crippen LogP contribution in [0, 0.1) is 0 Å². The largest absolute Gasteiger partial charge is 0.423 e. The van der Waals surface area contributed by atoms with Crippen molar-refractivity contribution in [1.82, 2.24) is 20.4 Å². The Bertz CT molecular complexity index is 893. The van der Waals surface area contributed by atoms with Gasteiger partial charge in [0.2, 0.25) is 5.95 Å². The molecule has 0 bridgehead atoms. The highest BCUT2D eigenvalue weighted by atomic mass is 16.6. The first-order valence-corrected chi connectivity index (χ1v) is 7.48.